The van der Waals surface area contributed by atoms with Crippen LogP contribution in [0.25, 0.3) is 0 Å². The highest BCUT2D eigenvalue weighted by atomic mass is 32.1. The Morgan fingerprint density at radius 3 is 2.65 bits per heavy atom. The Balaban J connectivity index is 1.86. The number of morpholine rings is 1. The number of nitrogens with one attached hydrogen (secondary N) is 1. The topological polar surface area (TPSA) is 93.9 Å². The summed E-state index contributed by atoms with van der Waals surface area (Å²) in [7, 11) is 0. The third kappa shape index (κ3) is 3.34. The smallest absolute Gasteiger partial charge is 0.322 e. The number of ether oxygens (including phenoxy) is 2. The zero-order chi connectivity index (χ0) is 16.6. The van der Waals surface area contributed by atoms with Crippen molar-refractivity contribution in [1.82, 2.24) is 4.90 Å². The van der Waals surface area contributed by atoms with E-state index < -0.39 is 5.91 Å². The molecule has 126 valence electrons. The summed E-state index contributed by atoms with van der Waals surface area (Å²) in [5.41, 5.74) is 6.54. The van der Waals surface area contributed by atoms with Gasteiger partial charge in [-0.3, -0.25) is 10.1 Å². The van der Waals surface area contributed by atoms with Gasteiger partial charge in [-0.1, -0.05) is 0 Å². The summed E-state index contributed by atoms with van der Waals surface area (Å²) in [5, 5.41) is 3.35. The quantitative estimate of drug-likeness (QED) is 0.855. The number of nitrogens with two attached hydrogens (primary N) is 1. The third-order valence-electron chi connectivity index (χ3n) is 4.05. The van der Waals surface area contributed by atoms with Gasteiger partial charge in [0.15, 0.2) is 0 Å². The molecule has 7 nitrogen and oxygen atoms in total. The molecule has 0 atom stereocenters. The van der Waals surface area contributed by atoms with E-state index in [2.05, 4.69) is 5.32 Å². The zero-order valence-electron chi connectivity index (χ0n) is 13.3. The number of fused-ring (bicyclic) bond motifs is 1. The van der Waals surface area contributed by atoms with Crippen LogP contribution in [0.1, 0.15) is 34.6 Å². The average molecular weight is 339 g/mol. The Labute approximate surface area is 138 Å². The molecule has 3 N–H and O–H groups in total. The van der Waals surface area contributed by atoms with Crippen molar-refractivity contribution in [2.75, 3.05) is 31.6 Å². The Bertz CT molecular complexity index is 635. The van der Waals surface area contributed by atoms with Gasteiger partial charge >= 0.3 is 6.03 Å². The van der Waals surface area contributed by atoms with Crippen molar-refractivity contribution in [1.29, 1.82) is 0 Å². The summed E-state index contributed by atoms with van der Waals surface area (Å²) in [6, 6.07) is -0.227. The second kappa shape index (κ2) is 6.10. The van der Waals surface area contributed by atoms with Gasteiger partial charge in [0, 0.05) is 24.4 Å². The molecule has 0 radical (unpaired) electrons. The van der Waals surface area contributed by atoms with Crippen molar-refractivity contribution >= 4 is 28.3 Å². The Hall–Kier alpha value is -1.64. The molecule has 3 rings (SSSR count). The van der Waals surface area contributed by atoms with Gasteiger partial charge in [0.25, 0.3) is 5.91 Å². The highest BCUT2D eigenvalue weighted by molar-refractivity contribution is 7.17. The zero-order valence-corrected chi connectivity index (χ0v) is 14.1. The summed E-state index contributed by atoms with van der Waals surface area (Å²) in [6.07, 6.45) is 0.602. The number of urea groups is 1. The molecule has 3 heterocycles. The van der Waals surface area contributed by atoms with Crippen LogP contribution in [0.15, 0.2) is 0 Å². The number of hydrogen-bond acceptors (Lipinski definition) is 5. The van der Waals surface area contributed by atoms with E-state index in [1.165, 1.54) is 11.3 Å². The van der Waals surface area contributed by atoms with Gasteiger partial charge in [0.2, 0.25) is 0 Å². The molecule has 23 heavy (non-hydrogen) atoms. The number of amides is 3. The summed E-state index contributed by atoms with van der Waals surface area (Å²) in [4.78, 5) is 26.9. The molecule has 0 saturated carbocycles. The second-order valence-corrected chi connectivity index (χ2v) is 7.43. The van der Waals surface area contributed by atoms with Gasteiger partial charge in [0.05, 0.1) is 31.0 Å². The van der Waals surface area contributed by atoms with E-state index >= 15 is 0 Å². The van der Waals surface area contributed by atoms with E-state index in [-0.39, 0.29) is 11.6 Å². The molecule has 0 aliphatic carbocycles. The van der Waals surface area contributed by atoms with Crippen LogP contribution in [0, 0.1) is 0 Å². The van der Waals surface area contributed by atoms with Crippen molar-refractivity contribution in [2.24, 2.45) is 5.73 Å². The first kappa shape index (κ1) is 16.2. The number of carbonyl (C=O) groups excluding carboxylic acids is 2. The van der Waals surface area contributed by atoms with Crippen molar-refractivity contribution in [3.05, 3.63) is 16.0 Å². The summed E-state index contributed by atoms with van der Waals surface area (Å²) in [6.45, 7) is 6.52. The molecule has 0 spiro atoms. The van der Waals surface area contributed by atoms with E-state index in [0.29, 0.717) is 49.9 Å². The van der Waals surface area contributed by atoms with Crippen LogP contribution in [-0.4, -0.2) is 48.7 Å². The molecule has 1 saturated heterocycles. The molecular formula is C15H21N3O4S. The highest BCUT2D eigenvalue weighted by Crippen LogP contribution is 2.40. The molecule has 0 bridgehead atoms. The third-order valence-corrected chi connectivity index (χ3v) is 5.17. The fourth-order valence-corrected chi connectivity index (χ4v) is 3.97. The lowest BCUT2D eigenvalue weighted by Gasteiger charge is -2.30. The van der Waals surface area contributed by atoms with Crippen LogP contribution in [0.5, 0.6) is 0 Å². The second-order valence-electron chi connectivity index (χ2n) is 6.33. The molecule has 3 amide bonds. The maximum atomic E-state index is 12.4. The minimum absolute atomic E-state index is 0.227. The minimum atomic E-state index is -0.516. The van der Waals surface area contributed by atoms with E-state index in [9.17, 15) is 9.59 Å². The first-order valence-electron chi connectivity index (χ1n) is 7.59. The maximum absolute atomic E-state index is 12.4. The van der Waals surface area contributed by atoms with Gasteiger partial charge in [0.1, 0.15) is 5.00 Å². The summed E-state index contributed by atoms with van der Waals surface area (Å²) < 4.78 is 11.0. The Kier molecular flexibility index (Phi) is 4.31. The monoisotopic (exact) mass is 339 g/mol. The lowest BCUT2D eigenvalue weighted by atomic mass is 9.93. The number of hydrogen-bond donors (Lipinski definition) is 2. The number of nitrogens with zero attached hydrogens (tertiary/aromatic N) is 1. The predicted molar refractivity (Wildman–Crippen MR) is 86.8 cm³/mol. The Morgan fingerprint density at radius 2 is 2.00 bits per heavy atom. The minimum Gasteiger partial charge on any atom is -0.378 e. The van der Waals surface area contributed by atoms with Crippen LogP contribution in [0.2, 0.25) is 0 Å². The van der Waals surface area contributed by atoms with E-state index in [0.717, 1.165) is 10.4 Å². The Morgan fingerprint density at radius 1 is 1.30 bits per heavy atom. The number of primary amides is 1. The number of carbonyl (C=O) groups is 2. The molecular weight excluding hydrogens is 318 g/mol. The van der Waals surface area contributed by atoms with E-state index in [1.54, 1.807) is 4.90 Å². The SMILES string of the molecule is CC1(C)Cc2c(sc(NC(=O)N3CCOCC3)c2C(N)=O)CO1. The fourth-order valence-electron chi connectivity index (χ4n) is 2.84. The van der Waals surface area contributed by atoms with Crippen molar-refractivity contribution < 1.29 is 19.1 Å². The normalized spacial score (nSPS) is 20.0. The molecule has 2 aliphatic rings. The molecule has 1 fully saturated rings. The lowest BCUT2D eigenvalue weighted by Crippen LogP contribution is -2.43. The predicted octanol–water partition coefficient (Wildman–Crippen LogP) is 1.56. The molecule has 2 aliphatic heterocycles. The lowest BCUT2D eigenvalue weighted by molar-refractivity contribution is -0.0383. The molecule has 8 heteroatoms. The number of anilines is 1. The van der Waals surface area contributed by atoms with Crippen molar-refractivity contribution in [3.63, 3.8) is 0 Å². The van der Waals surface area contributed by atoms with Crippen LogP contribution in [-0.2, 0) is 22.5 Å². The van der Waals surface area contributed by atoms with Crippen molar-refractivity contribution in [2.45, 2.75) is 32.5 Å². The van der Waals surface area contributed by atoms with E-state index in [4.69, 9.17) is 15.2 Å². The van der Waals surface area contributed by atoms with Crippen molar-refractivity contribution in [3.8, 4) is 0 Å². The van der Waals surface area contributed by atoms with Gasteiger partial charge in [-0.2, -0.15) is 0 Å². The first-order chi connectivity index (χ1) is 10.9. The van der Waals surface area contributed by atoms with Crippen LogP contribution < -0.4 is 11.1 Å². The van der Waals surface area contributed by atoms with Gasteiger partial charge < -0.3 is 20.1 Å². The van der Waals surface area contributed by atoms with Crippen LogP contribution in [0.4, 0.5) is 9.80 Å². The van der Waals surface area contributed by atoms with E-state index in [1.807, 2.05) is 13.8 Å². The van der Waals surface area contributed by atoms with Crippen LogP contribution >= 0.6 is 11.3 Å². The number of thiophene rings is 1. The maximum Gasteiger partial charge on any atom is 0.322 e. The average Bonchev–Trinajstić information content (AvgIpc) is 2.84. The van der Waals surface area contributed by atoms with Gasteiger partial charge in [-0.05, 0) is 19.4 Å². The molecule has 0 unspecified atom stereocenters. The summed E-state index contributed by atoms with van der Waals surface area (Å²) >= 11 is 1.37. The summed E-state index contributed by atoms with van der Waals surface area (Å²) in [5.74, 6) is -0.516. The first-order valence-corrected chi connectivity index (χ1v) is 8.41. The van der Waals surface area contributed by atoms with Gasteiger partial charge in [-0.15, -0.1) is 11.3 Å². The number of rotatable bonds is 2. The fraction of sp³-hybridized carbons (Fsp3) is 0.600. The highest BCUT2D eigenvalue weighted by Gasteiger charge is 2.33. The van der Waals surface area contributed by atoms with Crippen LogP contribution in [0.3, 0.4) is 0 Å². The van der Waals surface area contributed by atoms with Gasteiger partial charge in [-0.25, -0.2) is 4.79 Å². The molecule has 1 aromatic heterocycles. The molecule has 1 aromatic rings. The standard InChI is InChI=1S/C15H21N3O4S/c1-15(2)7-9-10(8-22-15)23-13(11(9)12(16)19)17-14(20)18-3-5-21-6-4-18/h3-8H2,1-2H3,(H2,16,19)(H,17,20). The largest absolute Gasteiger partial charge is 0.378 e. The molecule has 0 aromatic carbocycles.